The normalized spacial score (nSPS) is 18.9. The molecule has 0 radical (unpaired) electrons. The van der Waals surface area contributed by atoms with Crippen molar-refractivity contribution < 1.29 is 14.1 Å². The maximum absolute atomic E-state index is 13.1. The molecule has 1 aliphatic rings. The molecule has 72 valence electrons. The molecule has 1 heterocycles. The molecular weight excluding hydrogens is 191 g/mol. The number of carbonyl (C=O) groups is 1. The van der Waals surface area contributed by atoms with E-state index in [1.807, 2.05) is 0 Å². The number of fused-ring (bicyclic) bond motifs is 1. The number of halogens is 1. The molecule has 0 aromatic heterocycles. The number of anilines is 1. The van der Waals surface area contributed by atoms with Gasteiger partial charge in [-0.3, -0.25) is 14.9 Å². The van der Waals surface area contributed by atoms with Crippen LogP contribution in [0.25, 0.3) is 0 Å². The zero-order chi connectivity index (χ0) is 10.3. The van der Waals surface area contributed by atoms with Crippen molar-refractivity contribution in [3.05, 3.63) is 33.9 Å². The van der Waals surface area contributed by atoms with E-state index in [0.717, 1.165) is 6.07 Å². The van der Waals surface area contributed by atoms with Gasteiger partial charge < -0.3 is 5.32 Å². The highest BCUT2D eigenvalue weighted by molar-refractivity contribution is 6.02. The second kappa shape index (κ2) is 2.76. The van der Waals surface area contributed by atoms with E-state index < -0.39 is 17.0 Å². The molecule has 1 amide bonds. The third-order valence-electron chi connectivity index (χ3n) is 2.01. The Morgan fingerprint density at radius 2 is 2.21 bits per heavy atom. The molecule has 1 aromatic carbocycles. The number of non-ortho nitro benzene ring substituents is 1. The van der Waals surface area contributed by atoms with Crippen LogP contribution in [0.2, 0.25) is 0 Å². The van der Waals surface area contributed by atoms with Crippen LogP contribution < -0.4 is 5.32 Å². The average Bonchev–Trinajstić information content (AvgIpc) is 2.42. The lowest BCUT2D eigenvalue weighted by atomic mass is 10.1. The van der Waals surface area contributed by atoms with Crippen LogP contribution in [0.15, 0.2) is 18.2 Å². The van der Waals surface area contributed by atoms with Gasteiger partial charge in [0.25, 0.3) is 11.6 Å². The minimum Gasteiger partial charge on any atom is -0.323 e. The van der Waals surface area contributed by atoms with Crippen LogP contribution in [0.1, 0.15) is 11.7 Å². The Hall–Kier alpha value is -1.98. The summed E-state index contributed by atoms with van der Waals surface area (Å²) in [5, 5.41) is 12.6. The van der Waals surface area contributed by atoms with E-state index in [2.05, 4.69) is 5.32 Å². The first-order valence-corrected chi connectivity index (χ1v) is 3.83. The zero-order valence-corrected chi connectivity index (χ0v) is 6.86. The van der Waals surface area contributed by atoms with E-state index in [4.69, 9.17) is 0 Å². The summed E-state index contributed by atoms with van der Waals surface area (Å²) in [5.74, 6) is -0.777. The van der Waals surface area contributed by atoms with Gasteiger partial charge >= 0.3 is 0 Å². The Morgan fingerprint density at radius 1 is 1.50 bits per heavy atom. The number of alkyl halides is 1. The van der Waals surface area contributed by atoms with Gasteiger partial charge in [-0.15, -0.1) is 0 Å². The Balaban J connectivity index is 2.49. The second-order valence-corrected chi connectivity index (χ2v) is 2.88. The molecule has 0 saturated carbocycles. The van der Waals surface area contributed by atoms with Gasteiger partial charge in [-0.1, -0.05) is 0 Å². The van der Waals surface area contributed by atoms with Crippen LogP contribution in [0.4, 0.5) is 15.8 Å². The molecule has 0 bridgehead atoms. The number of carbonyl (C=O) groups excluding carboxylic acids is 1. The van der Waals surface area contributed by atoms with Crippen molar-refractivity contribution in [2.75, 3.05) is 5.32 Å². The molecule has 1 N–H and O–H groups in total. The van der Waals surface area contributed by atoms with E-state index >= 15 is 0 Å². The molecule has 1 aromatic rings. The van der Waals surface area contributed by atoms with Crippen molar-refractivity contribution in [2.45, 2.75) is 6.17 Å². The minimum atomic E-state index is -1.72. The lowest BCUT2D eigenvalue weighted by Crippen LogP contribution is -2.07. The predicted molar refractivity (Wildman–Crippen MR) is 45.6 cm³/mol. The molecule has 0 aliphatic carbocycles. The largest absolute Gasteiger partial charge is 0.323 e. The molecule has 0 unspecified atom stereocenters. The Labute approximate surface area is 77.7 Å². The summed E-state index contributed by atoms with van der Waals surface area (Å²) in [4.78, 5) is 20.6. The van der Waals surface area contributed by atoms with Gasteiger partial charge in [-0.05, 0) is 6.07 Å². The number of benzene rings is 1. The van der Waals surface area contributed by atoms with Crippen molar-refractivity contribution in [1.29, 1.82) is 0 Å². The van der Waals surface area contributed by atoms with Crippen molar-refractivity contribution in [1.82, 2.24) is 0 Å². The number of nitrogens with one attached hydrogen (secondary N) is 1. The lowest BCUT2D eigenvalue weighted by molar-refractivity contribution is -0.384. The minimum absolute atomic E-state index is 0.153. The van der Waals surface area contributed by atoms with E-state index in [0.29, 0.717) is 0 Å². The third kappa shape index (κ3) is 1.12. The summed E-state index contributed by atoms with van der Waals surface area (Å²) in [6, 6.07) is 3.56. The van der Waals surface area contributed by atoms with Crippen molar-refractivity contribution in [2.24, 2.45) is 0 Å². The number of nitrogens with zero attached hydrogens (tertiary/aromatic N) is 1. The number of hydrogen-bond donors (Lipinski definition) is 1. The molecule has 0 spiro atoms. The van der Waals surface area contributed by atoms with Crippen LogP contribution in [0.3, 0.4) is 0 Å². The van der Waals surface area contributed by atoms with Gasteiger partial charge in [0.1, 0.15) is 0 Å². The molecular formula is C8H5FN2O3. The SMILES string of the molecule is O=C1Nc2cc([N+](=O)[O-])ccc2[C@H]1F. The first kappa shape index (κ1) is 8.61. The van der Waals surface area contributed by atoms with Crippen LogP contribution in [-0.2, 0) is 4.79 Å². The number of nitro groups is 1. The van der Waals surface area contributed by atoms with Gasteiger partial charge in [-0.25, -0.2) is 4.39 Å². The van der Waals surface area contributed by atoms with Crippen molar-refractivity contribution in [3.63, 3.8) is 0 Å². The number of nitro benzene ring substituents is 1. The smallest absolute Gasteiger partial charge is 0.271 e. The Morgan fingerprint density at radius 3 is 2.86 bits per heavy atom. The molecule has 0 fully saturated rings. The van der Waals surface area contributed by atoms with E-state index in [-0.39, 0.29) is 16.9 Å². The van der Waals surface area contributed by atoms with Gasteiger partial charge in [0, 0.05) is 17.7 Å². The fourth-order valence-electron chi connectivity index (χ4n) is 1.32. The highest BCUT2D eigenvalue weighted by atomic mass is 19.1. The maximum atomic E-state index is 13.1. The number of amides is 1. The molecule has 0 saturated heterocycles. The number of hydrogen-bond acceptors (Lipinski definition) is 3. The van der Waals surface area contributed by atoms with E-state index in [1.54, 1.807) is 0 Å². The quantitative estimate of drug-likeness (QED) is 0.547. The van der Waals surface area contributed by atoms with Gasteiger partial charge in [0.15, 0.2) is 0 Å². The standard InChI is InChI=1S/C8H5FN2O3/c9-7-5-2-1-4(11(13)14)3-6(5)10-8(7)12/h1-3,7H,(H,10,12)/t7-/m1/s1. The van der Waals surface area contributed by atoms with Crippen LogP contribution in [0, 0.1) is 10.1 Å². The molecule has 2 rings (SSSR count). The fraction of sp³-hybridized carbons (Fsp3) is 0.125. The maximum Gasteiger partial charge on any atom is 0.271 e. The molecule has 1 aliphatic heterocycles. The lowest BCUT2D eigenvalue weighted by Gasteiger charge is -1.97. The molecule has 6 heteroatoms. The average molecular weight is 196 g/mol. The first-order chi connectivity index (χ1) is 6.59. The van der Waals surface area contributed by atoms with Crippen molar-refractivity contribution in [3.8, 4) is 0 Å². The fourth-order valence-corrected chi connectivity index (χ4v) is 1.32. The monoisotopic (exact) mass is 196 g/mol. The molecule has 1 atom stereocenters. The van der Waals surface area contributed by atoms with Crippen molar-refractivity contribution >= 4 is 17.3 Å². The summed E-state index contributed by atoms with van der Waals surface area (Å²) in [6.07, 6.45) is -1.72. The van der Waals surface area contributed by atoms with E-state index in [1.165, 1.54) is 12.1 Å². The van der Waals surface area contributed by atoms with Gasteiger partial charge in [0.2, 0.25) is 6.17 Å². The van der Waals surface area contributed by atoms with Crippen LogP contribution in [0.5, 0.6) is 0 Å². The zero-order valence-electron chi connectivity index (χ0n) is 6.86. The summed E-state index contributed by atoms with van der Waals surface area (Å²) < 4.78 is 13.1. The van der Waals surface area contributed by atoms with Gasteiger partial charge in [-0.2, -0.15) is 0 Å². The Bertz CT molecular complexity index is 433. The topological polar surface area (TPSA) is 72.2 Å². The summed E-state index contributed by atoms with van der Waals surface area (Å²) >= 11 is 0. The highest BCUT2D eigenvalue weighted by Gasteiger charge is 2.31. The summed E-state index contributed by atoms with van der Waals surface area (Å²) in [5.41, 5.74) is 0.162. The Kier molecular flexibility index (Phi) is 1.70. The van der Waals surface area contributed by atoms with E-state index in [9.17, 15) is 19.3 Å². The second-order valence-electron chi connectivity index (χ2n) is 2.88. The molecule has 14 heavy (non-hydrogen) atoms. The highest BCUT2D eigenvalue weighted by Crippen LogP contribution is 2.35. The summed E-state index contributed by atoms with van der Waals surface area (Å²) in [6.45, 7) is 0. The third-order valence-corrected chi connectivity index (χ3v) is 2.01. The first-order valence-electron chi connectivity index (χ1n) is 3.83. The summed E-state index contributed by atoms with van der Waals surface area (Å²) in [7, 11) is 0. The van der Waals surface area contributed by atoms with Gasteiger partial charge in [0.05, 0.1) is 10.6 Å². The predicted octanol–water partition coefficient (Wildman–Crippen LogP) is 1.56. The van der Waals surface area contributed by atoms with Crippen LogP contribution >= 0.6 is 0 Å². The van der Waals surface area contributed by atoms with Crippen LogP contribution in [-0.4, -0.2) is 10.8 Å². The molecule has 5 nitrogen and oxygen atoms in total. The number of rotatable bonds is 1.